The molecule has 1 amide bonds. The summed E-state index contributed by atoms with van der Waals surface area (Å²) in [5.41, 5.74) is 3.64. The predicted molar refractivity (Wildman–Crippen MR) is 125 cm³/mol. The number of rotatable bonds is 4. The maximum atomic E-state index is 14.6. The zero-order valence-electron chi connectivity index (χ0n) is 18.3. The van der Waals surface area contributed by atoms with E-state index in [-0.39, 0.29) is 6.04 Å². The molecule has 1 unspecified atom stereocenters. The third kappa shape index (κ3) is 3.84. The molecule has 4 aromatic rings. The van der Waals surface area contributed by atoms with Crippen LogP contribution in [-0.2, 0) is 4.74 Å². The third-order valence-electron chi connectivity index (χ3n) is 5.87. The van der Waals surface area contributed by atoms with Crippen molar-refractivity contribution in [1.29, 1.82) is 0 Å². The summed E-state index contributed by atoms with van der Waals surface area (Å²) in [5.74, 6) is -0.556. The van der Waals surface area contributed by atoms with E-state index in [9.17, 15) is 9.18 Å². The largest absolute Gasteiger partial charge is 0.441 e. The SMILES string of the molecule is CC1(C)OC(=O)N(c2ccc(-c3cc(-c4cccnc4)cnc3F)cc2)C1c1ccccc1. The van der Waals surface area contributed by atoms with Gasteiger partial charge in [-0.1, -0.05) is 48.5 Å². The lowest BCUT2D eigenvalue weighted by Gasteiger charge is -2.29. The van der Waals surface area contributed by atoms with Gasteiger partial charge < -0.3 is 4.74 Å². The van der Waals surface area contributed by atoms with Crippen LogP contribution in [-0.4, -0.2) is 21.7 Å². The molecule has 6 heteroatoms. The average Bonchev–Trinajstić information content (AvgIpc) is 3.08. The Kier molecular flexibility index (Phi) is 5.13. The summed E-state index contributed by atoms with van der Waals surface area (Å²) < 4.78 is 20.3. The first kappa shape index (κ1) is 20.8. The predicted octanol–water partition coefficient (Wildman–Crippen LogP) is 6.43. The summed E-state index contributed by atoms with van der Waals surface area (Å²) in [5, 5.41) is 0. The summed E-state index contributed by atoms with van der Waals surface area (Å²) in [6, 6.07) is 22.2. The minimum Gasteiger partial charge on any atom is -0.441 e. The second kappa shape index (κ2) is 8.13. The van der Waals surface area contributed by atoms with E-state index >= 15 is 0 Å². The normalized spacial score (nSPS) is 17.1. The van der Waals surface area contributed by atoms with Crippen LogP contribution in [0.5, 0.6) is 0 Å². The van der Waals surface area contributed by atoms with Crippen molar-refractivity contribution in [1.82, 2.24) is 9.97 Å². The van der Waals surface area contributed by atoms with Crippen LogP contribution in [0.25, 0.3) is 22.3 Å². The number of carbonyl (C=O) groups is 1. The molecule has 0 bridgehead atoms. The van der Waals surface area contributed by atoms with Gasteiger partial charge in [0.1, 0.15) is 11.6 Å². The van der Waals surface area contributed by atoms with Gasteiger partial charge in [-0.2, -0.15) is 4.39 Å². The van der Waals surface area contributed by atoms with Crippen molar-refractivity contribution in [3.63, 3.8) is 0 Å². The van der Waals surface area contributed by atoms with Crippen molar-refractivity contribution in [2.24, 2.45) is 0 Å². The highest BCUT2D eigenvalue weighted by molar-refractivity contribution is 5.92. The summed E-state index contributed by atoms with van der Waals surface area (Å²) in [4.78, 5) is 22.5. The van der Waals surface area contributed by atoms with E-state index in [1.165, 1.54) is 6.20 Å². The van der Waals surface area contributed by atoms with Crippen LogP contribution in [0.2, 0.25) is 0 Å². The van der Waals surface area contributed by atoms with Crippen molar-refractivity contribution in [3.8, 4) is 22.3 Å². The van der Waals surface area contributed by atoms with E-state index < -0.39 is 17.6 Å². The molecule has 0 spiro atoms. The van der Waals surface area contributed by atoms with E-state index in [1.807, 2.05) is 68.4 Å². The van der Waals surface area contributed by atoms with Crippen molar-refractivity contribution in [3.05, 3.63) is 103 Å². The molecule has 5 nitrogen and oxygen atoms in total. The Bertz CT molecular complexity index is 1290. The molecule has 0 aliphatic carbocycles. The molecular formula is C27H22FN3O2. The molecule has 164 valence electrons. The molecular weight excluding hydrogens is 417 g/mol. The Morgan fingerprint density at radius 2 is 1.67 bits per heavy atom. The molecule has 2 aromatic carbocycles. The first-order valence-electron chi connectivity index (χ1n) is 10.7. The van der Waals surface area contributed by atoms with Gasteiger partial charge in [0.05, 0.1) is 0 Å². The Morgan fingerprint density at radius 3 is 2.36 bits per heavy atom. The van der Waals surface area contributed by atoms with Crippen molar-refractivity contribution >= 4 is 11.8 Å². The molecule has 3 heterocycles. The third-order valence-corrected chi connectivity index (χ3v) is 5.87. The summed E-state index contributed by atoms with van der Waals surface area (Å²) in [7, 11) is 0. The van der Waals surface area contributed by atoms with Gasteiger partial charge >= 0.3 is 6.09 Å². The van der Waals surface area contributed by atoms with Gasteiger partial charge in [0.25, 0.3) is 0 Å². The summed E-state index contributed by atoms with van der Waals surface area (Å²) in [6.07, 6.45) is 4.49. The quantitative estimate of drug-likeness (QED) is 0.344. The van der Waals surface area contributed by atoms with E-state index in [2.05, 4.69) is 9.97 Å². The molecule has 1 saturated heterocycles. The fourth-order valence-electron chi connectivity index (χ4n) is 4.33. The van der Waals surface area contributed by atoms with Gasteiger partial charge in [-0.25, -0.2) is 9.78 Å². The number of ether oxygens (including phenoxy) is 1. The molecule has 0 saturated carbocycles. The Balaban J connectivity index is 1.51. The van der Waals surface area contributed by atoms with Crippen molar-refractivity contribution in [2.45, 2.75) is 25.5 Å². The fourth-order valence-corrected chi connectivity index (χ4v) is 4.33. The number of pyridine rings is 2. The van der Waals surface area contributed by atoms with Gasteiger partial charge in [0, 0.05) is 41.0 Å². The first-order chi connectivity index (χ1) is 15.9. The van der Waals surface area contributed by atoms with Crippen LogP contribution in [0.15, 0.2) is 91.4 Å². The number of hydrogen-bond acceptors (Lipinski definition) is 4. The maximum Gasteiger partial charge on any atom is 0.415 e. The van der Waals surface area contributed by atoms with Crippen molar-refractivity contribution in [2.75, 3.05) is 4.90 Å². The standard InChI is InChI=1S/C27H22FN3O2/c1-27(2)24(19-7-4-3-5-8-19)31(26(32)33-27)22-12-10-18(11-13-22)23-15-21(17-30-25(23)28)20-9-6-14-29-16-20/h3-17,24H,1-2H3. The zero-order valence-corrected chi connectivity index (χ0v) is 18.3. The number of cyclic esters (lactones) is 1. The highest BCUT2D eigenvalue weighted by Gasteiger charge is 2.49. The minimum absolute atomic E-state index is 0.288. The van der Waals surface area contributed by atoms with Gasteiger partial charge in [0.15, 0.2) is 0 Å². The minimum atomic E-state index is -0.703. The lowest BCUT2D eigenvalue weighted by atomic mass is 9.91. The number of halogens is 1. The highest BCUT2D eigenvalue weighted by Crippen LogP contribution is 2.44. The zero-order chi connectivity index (χ0) is 23.0. The van der Waals surface area contributed by atoms with Crippen LogP contribution in [0.4, 0.5) is 14.9 Å². The lowest BCUT2D eigenvalue weighted by Crippen LogP contribution is -2.33. The molecule has 1 fully saturated rings. The smallest absolute Gasteiger partial charge is 0.415 e. The van der Waals surface area contributed by atoms with Crippen LogP contribution in [0.1, 0.15) is 25.5 Å². The fraction of sp³-hybridized carbons (Fsp3) is 0.148. The van der Waals surface area contributed by atoms with E-state index in [0.717, 1.165) is 16.7 Å². The lowest BCUT2D eigenvalue weighted by molar-refractivity contribution is 0.0685. The molecule has 0 radical (unpaired) electrons. The molecule has 1 atom stereocenters. The Hall–Kier alpha value is -4.06. The summed E-state index contributed by atoms with van der Waals surface area (Å²) >= 11 is 0. The molecule has 1 aliphatic rings. The molecule has 0 N–H and O–H groups in total. The number of carbonyl (C=O) groups excluding carboxylic acids is 1. The van der Waals surface area contributed by atoms with Gasteiger partial charge in [-0.15, -0.1) is 0 Å². The first-order valence-corrected chi connectivity index (χ1v) is 10.7. The van der Waals surface area contributed by atoms with Gasteiger partial charge in [-0.3, -0.25) is 9.88 Å². The number of amides is 1. The van der Waals surface area contributed by atoms with E-state index in [4.69, 9.17) is 4.74 Å². The highest BCUT2D eigenvalue weighted by atomic mass is 19.1. The van der Waals surface area contributed by atoms with Crippen LogP contribution < -0.4 is 4.90 Å². The molecule has 5 rings (SSSR count). The summed E-state index contributed by atoms with van der Waals surface area (Å²) in [6.45, 7) is 3.81. The van der Waals surface area contributed by atoms with Crippen LogP contribution in [0.3, 0.4) is 0 Å². The maximum absolute atomic E-state index is 14.6. The topological polar surface area (TPSA) is 55.3 Å². The Morgan fingerprint density at radius 1 is 0.909 bits per heavy atom. The second-order valence-electron chi connectivity index (χ2n) is 8.51. The van der Waals surface area contributed by atoms with Gasteiger partial charge in [0.2, 0.25) is 5.95 Å². The van der Waals surface area contributed by atoms with Crippen LogP contribution in [0, 0.1) is 5.95 Å². The average molecular weight is 439 g/mol. The number of hydrogen-bond donors (Lipinski definition) is 0. The number of aromatic nitrogens is 2. The van der Waals surface area contributed by atoms with Crippen molar-refractivity contribution < 1.29 is 13.9 Å². The number of anilines is 1. The van der Waals surface area contributed by atoms with Gasteiger partial charge in [-0.05, 0) is 49.2 Å². The molecule has 2 aromatic heterocycles. The molecule has 1 aliphatic heterocycles. The van der Waals surface area contributed by atoms with E-state index in [0.29, 0.717) is 16.8 Å². The number of benzene rings is 2. The Labute approximate surface area is 191 Å². The van der Waals surface area contributed by atoms with E-state index in [1.54, 1.807) is 35.5 Å². The second-order valence-corrected chi connectivity index (χ2v) is 8.51. The number of nitrogens with zero attached hydrogens (tertiary/aromatic N) is 3. The molecule has 33 heavy (non-hydrogen) atoms. The monoisotopic (exact) mass is 439 g/mol. The van der Waals surface area contributed by atoms with Crippen LogP contribution >= 0.6 is 0 Å².